The predicted molar refractivity (Wildman–Crippen MR) is 72.8 cm³/mol. The number of carbonyl (C=O) groups excluding carboxylic acids is 1. The van der Waals surface area contributed by atoms with Crippen molar-refractivity contribution in [3.05, 3.63) is 0 Å². The van der Waals surface area contributed by atoms with Gasteiger partial charge in [-0.05, 0) is 29.6 Å². The summed E-state index contributed by atoms with van der Waals surface area (Å²) in [7, 11) is 0. The van der Waals surface area contributed by atoms with Crippen LogP contribution in [0.5, 0.6) is 0 Å². The maximum absolute atomic E-state index is 12.1. The van der Waals surface area contributed by atoms with Gasteiger partial charge in [-0.2, -0.15) is 0 Å². The fraction of sp³-hybridized carbons (Fsp3) is 0.933. The summed E-state index contributed by atoms with van der Waals surface area (Å²) in [5.74, 6) is 1.05. The minimum absolute atomic E-state index is 0.110. The number of rotatable bonds is 2. The average Bonchev–Trinajstić information content (AvgIpc) is 2.45. The van der Waals surface area contributed by atoms with Gasteiger partial charge in [0.05, 0.1) is 0 Å². The Bertz CT molecular complexity index is 270. The van der Waals surface area contributed by atoms with Crippen molar-refractivity contribution in [3.63, 3.8) is 0 Å². The first-order valence-corrected chi connectivity index (χ1v) is 6.85. The molecule has 1 amide bonds. The van der Waals surface area contributed by atoms with Gasteiger partial charge in [0.15, 0.2) is 0 Å². The molecule has 2 nitrogen and oxygen atoms in total. The van der Waals surface area contributed by atoms with E-state index in [0.717, 1.165) is 13.1 Å². The van der Waals surface area contributed by atoms with E-state index in [4.69, 9.17) is 0 Å². The molecule has 0 saturated carbocycles. The Hall–Kier alpha value is -0.530. The molecule has 0 spiro atoms. The predicted octanol–water partition coefficient (Wildman–Crippen LogP) is 3.71. The quantitative estimate of drug-likeness (QED) is 0.719. The highest BCUT2D eigenvalue weighted by atomic mass is 16.2. The molecular formula is C15H29NO. The topological polar surface area (TPSA) is 20.3 Å². The van der Waals surface area contributed by atoms with E-state index in [1.54, 1.807) is 0 Å². The Kier molecular flexibility index (Phi) is 4.27. The fourth-order valence-corrected chi connectivity index (χ4v) is 2.66. The van der Waals surface area contributed by atoms with Crippen LogP contribution in [-0.4, -0.2) is 23.9 Å². The lowest BCUT2D eigenvalue weighted by molar-refractivity contribution is -0.132. The van der Waals surface area contributed by atoms with E-state index >= 15 is 0 Å². The van der Waals surface area contributed by atoms with Gasteiger partial charge in [-0.3, -0.25) is 4.79 Å². The van der Waals surface area contributed by atoms with Crippen molar-refractivity contribution in [2.75, 3.05) is 13.1 Å². The van der Waals surface area contributed by atoms with Crippen LogP contribution in [0.3, 0.4) is 0 Å². The van der Waals surface area contributed by atoms with Gasteiger partial charge in [-0.1, -0.05) is 41.5 Å². The molecule has 1 aliphatic rings. The molecule has 0 aromatic heterocycles. The Morgan fingerprint density at radius 1 is 1.12 bits per heavy atom. The van der Waals surface area contributed by atoms with Gasteiger partial charge >= 0.3 is 0 Å². The van der Waals surface area contributed by atoms with E-state index in [-0.39, 0.29) is 5.41 Å². The molecule has 0 unspecified atom stereocenters. The van der Waals surface area contributed by atoms with E-state index in [9.17, 15) is 4.79 Å². The average molecular weight is 239 g/mol. The van der Waals surface area contributed by atoms with Crippen LogP contribution in [0.4, 0.5) is 0 Å². The largest absolute Gasteiger partial charge is 0.342 e. The van der Waals surface area contributed by atoms with Gasteiger partial charge in [-0.25, -0.2) is 0 Å². The van der Waals surface area contributed by atoms with E-state index in [1.807, 2.05) is 0 Å². The Morgan fingerprint density at radius 2 is 1.71 bits per heavy atom. The first-order valence-electron chi connectivity index (χ1n) is 6.85. The Labute approximate surface area is 107 Å². The van der Waals surface area contributed by atoms with Gasteiger partial charge in [-0.15, -0.1) is 0 Å². The zero-order valence-corrected chi connectivity index (χ0v) is 12.5. The lowest BCUT2D eigenvalue weighted by Crippen LogP contribution is -2.32. The molecule has 1 rings (SSSR count). The number of amides is 1. The highest BCUT2D eigenvalue weighted by molar-refractivity contribution is 5.77. The summed E-state index contributed by atoms with van der Waals surface area (Å²) in [6.45, 7) is 15.2. The lowest BCUT2D eigenvalue weighted by atomic mass is 9.84. The van der Waals surface area contributed by atoms with Crippen LogP contribution in [0.25, 0.3) is 0 Å². The minimum atomic E-state index is 0.110. The zero-order chi connectivity index (χ0) is 13.3. The third-order valence-corrected chi connectivity index (χ3v) is 3.22. The highest BCUT2D eigenvalue weighted by Crippen LogP contribution is 2.31. The molecule has 2 heteroatoms. The van der Waals surface area contributed by atoms with Crippen molar-refractivity contribution in [2.24, 2.45) is 16.7 Å². The maximum Gasteiger partial charge on any atom is 0.223 e. The molecule has 0 bridgehead atoms. The van der Waals surface area contributed by atoms with Crippen LogP contribution < -0.4 is 0 Å². The normalized spacial score (nSPS) is 22.0. The number of carbonyl (C=O) groups is 1. The van der Waals surface area contributed by atoms with Crippen LogP contribution in [0, 0.1) is 16.7 Å². The van der Waals surface area contributed by atoms with Crippen LogP contribution in [0.2, 0.25) is 0 Å². The van der Waals surface area contributed by atoms with Gasteiger partial charge in [0, 0.05) is 19.5 Å². The second-order valence-corrected chi connectivity index (χ2v) is 8.00. The molecule has 0 aromatic carbocycles. The van der Waals surface area contributed by atoms with Crippen molar-refractivity contribution in [1.82, 2.24) is 4.90 Å². The van der Waals surface area contributed by atoms with E-state index < -0.39 is 0 Å². The summed E-state index contributed by atoms with van der Waals surface area (Å²) in [6, 6.07) is 0. The first kappa shape index (κ1) is 14.5. The van der Waals surface area contributed by atoms with E-state index in [0.29, 0.717) is 23.7 Å². The highest BCUT2D eigenvalue weighted by Gasteiger charge is 2.30. The zero-order valence-electron chi connectivity index (χ0n) is 12.5. The summed E-state index contributed by atoms with van der Waals surface area (Å²) < 4.78 is 0. The third-order valence-electron chi connectivity index (χ3n) is 3.22. The number of likely N-dealkylation sites (tertiary alicyclic amines) is 1. The van der Waals surface area contributed by atoms with Crippen LogP contribution in [0.15, 0.2) is 0 Å². The monoisotopic (exact) mass is 239 g/mol. The molecule has 0 aromatic rings. The summed E-state index contributed by atoms with van der Waals surface area (Å²) in [5.41, 5.74) is 0.493. The first-order chi connectivity index (χ1) is 7.57. The standard InChI is InChI=1S/C15H29NO/c1-14(2,3)9-12-7-8-16(11-12)13(17)10-15(4,5)6/h12H,7-11H2,1-6H3/t12-/m1/s1. The maximum atomic E-state index is 12.1. The van der Waals surface area contributed by atoms with Crippen molar-refractivity contribution >= 4 is 5.91 Å². The lowest BCUT2D eigenvalue weighted by Gasteiger charge is -2.25. The van der Waals surface area contributed by atoms with Crippen molar-refractivity contribution in [1.29, 1.82) is 0 Å². The number of nitrogens with zero attached hydrogens (tertiary/aromatic N) is 1. The van der Waals surface area contributed by atoms with E-state index in [1.165, 1.54) is 12.8 Å². The van der Waals surface area contributed by atoms with Crippen LogP contribution >= 0.6 is 0 Å². The molecule has 1 saturated heterocycles. The summed E-state index contributed by atoms with van der Waals surface area (Å²) >= 11 is 0. The number of hydrogen-bond acceptors (Lipinski definition) is 1. The SMILES string of the molecule is CC(C)(C)CC(=O)N1CC[C@H](CC(C)(C)C)C1. The Balaban J connectivity index is 2.43. The summed E-state index contributed by atoms with van der Waals surface area (Å²) in [5, 5.41) is 0. The number of hydrogen-bond donors (Lipinski definition) is 0. The molecule has 0 radical (unpaired) electrons. The molecule has 0 aliphatic carbocycles. The van der Waals surface area contributed by atoms with Gasteiger partial charge < -0.3 is 4.90 Å². The molecule has 1 heterocycles. The minimum Gasteiger partial charge on any atom is -0.342 e. The summed E-state index contributed by atoms with van der Waals surface area (Å²) in [4.78, 5) is 14.2. The Morgan fingerprint density at radius 3 is 2.18 bits per heavy atom. The second-order valence-electron chi connectivity index (χ2n) is 8.00. The molecule has 1 fully saturated rings. The molecule has 17 heavy (non-hydrogen) atoms. The molecular weight excluding hydrogens is 210 g/mol. The molecule has 0 N–H and O–H groups in total. The van der Waals surface area contributed by atoms with Crippen molar-refractivity contribution < 1.29 is 4.79 Å². The fourth-order valence-electron chi connectivity index (χ4n) is 2.66. The van der Waals surface area contributed by atoms with Crippen LogP contribution in [-0.2, 0) is 4.79 Å². The smallest absolute Gasteiger partial charge is 0.223 e. The van der Waals surface area contributed by atoms with Gasteiger partial charge in [0.2, 0.25) is 5.91 Å². The molecule has 100 valence electrons. The second kappa shape index (κ2) is 4.99. The van der Waals surface area contributed by atoms with E-state index in [2.05, 4.69) is 46.4 Å². The molecule has 1 atom stereocenters. The third kappa shape index (κ3) is 5.56. The van der Waals surface area contributed by atoms with Crippen molar-refractivity contribution in [3.8, 4) is 0 Å². The summed E-state index contributed by atoms with van der Waals surface area (Å²) in [6.07, 6.45) is 3.09. The van der Waals surface area contributed by atoms with Crippen LogP contribution in [0.1, 0.15) is 60.8 Å². The van der Waals surface area contributed by atoms with Gasteiger partial charge in [0.25, 0.3) is 0 Å². The van der Waals surface area contributed by atoms with Crippen molar-refractivity contribution in [2.45, 2.75) is 60.8 Å². The van der Waals surface area contributed by atoms with Gasteiger partial charge in [0.1, 0.15) is 0 Å². The molecule has 1 aliphatic heterocycles.